The molecule has 0 saturated heterocycles. The number of rotatable bonds is 3. The summed E-state index contributed by atoms with van der Waals surface area (Å²) >= 11 is 0. The first-order chi connectivity index (χ1) is 8.47. The van der Waals surface area contributed by atoms with Gasteiger partial charge in [-0.2, -0.15) is 0 Å². The molecule has 0 aliphatic carbocycles. The van der Waals surface area contributed by atoms with Gasteiger partial charge in [0.15, 0.2) is 5.43 Å². The second-order valence-electron chi connectivity index (χ2n) is 4.16. The van der Waals surface area contributed by atoms with Crippen LogP contribution in [0.25, 0.3) is 11.0 Å². The number of carboxylic acid groups (broad SMARTS) is 1. The van der Waals surface area contributed by atoms with Crippen LogP contribution < -0.4 is 5.43 Å². The predicted molar refractivity (Wildman–Crippen MR) is 64.8 cm³/mol. The van der Waals surface area contributed by atoms with Crippen molar-refractivity contribution in [1.82, 2.24) is 0 Å². The van der Waals surface area contributed by atoms with Gasteiger partial charge in [0.25, 0.3) is 0 Å². The Kier molecular flexibility index (Phi) is 3.16. The maximum Gasteiger partial charge on any atom is 0.371 e. The number of hydrogen-bond acceptors (Lipinski definition) is 4. The molecule has 1 heterocycles. The van der Waals surface area contributed by atoms with Crippen LogP contribution in [0.5, 0.6) is 0 Å². The number of hydrogen-bond donors (Lipinski definition) is 2. The number of carboxylic acids is 1. The van der Waals surface area contributed by atoms with Crippen LogP contribution in [0.2, 0.25) is 0 Å². The summed E-state index contributed by atoms with van der Waals surface area (Å²) in [6.45, 7) is 1.65. The molecule has 0 fully saturated rings. The number of benzene rings is 1. The van der Waals surface area contributed by atoms with E-state index in [1.807, 2.05) is 0 Å². The summed E-state index contributed by atoms with van der Waals surface area (Å²) in [5.74, 6) is -1.65. The van der Waals surface area contributed by atoms with E-state index in [1.165, 1.54) is 0 Å². The highest BCUT2D eigenvalue weighted by Gasteiger charge is 2.11. The minimum atomic E-state index is -1.28. The van der Waals surface area contributed by atoms with Crippen LogP contribution in [0.15, 0.2) is 33.5 Å². The lowest BCUT2D eigenvalue weighted by Gasteiger charge is -2.05. The van der Waals surface area contributed by atoms with Crippen molar-refractivity contribution in [3.63, 3.8) is 0 Å². The quantitative estimate of drug-likeness (QED) is 0.857. The molecule has 5 nitrogen and oxygen atoms in total. The molecule has 1 aromatic carbocycles. The van der Waals surface area contributed by atoms with Crippen molar-refractivity contribution < 1.29 is 19.4 Å². The summed E-state index contributed by atoms with van der Waals surface area (Å²) in [6.07, 6.45) is -0.0800. The molecule has 1 atom stereocenters. The van der Waals surface area contributed by atoms with E-state index in [0.29, 0.717) is 11.8 Å². The maximum absolute atomic E-state index is 11.8. The molecule has 0 unspecified atom stereocenters. The maximum atomic E-state index is 11.8. The SMILES string of the molecule is C[C@@H](O)Cc1ccc2oc(C(=O)O)cc(=O)c2c1. The van der Waals surface area contributed by atoms with Crippen molar-refractivity contribution in [3.8, 4) is 0 Å². The molecule has 2 N–H and O–H groups in total. The van der Waals surface area contributed by atoms with Crippen LogP contribution in [-0.2, 0) is 6.42 Å². The van der Waals surface area contributed by atoms with E-state index in [9.17, 15) is 14.7 Å². The molecule has 2 aromatic rings. The Morgan fingerprint density at radius 3 is 2.72 bits per heavy atom. The van der Waals surface area contributed by atoms with Crippen molar-refractivity contribution in [2.45, 2.75) is 19.4 Å². The third-order valence-corrected chi connectivity index (χ3v) is 2.53. The van der Waals surface area contributed by atoms with Gasteiger partial charge in [0, 0.05) is 6.07 Å². The van der Waals surface area contributed by atoms with Crippen molar-refractivity contribution in [2.75, 3.05) is 0 Å². The van der Waals surface area contributed by atoms with E-state index in [-0.39, 0.29) is 11.3 Å². The van der Waals surface area contributed by atoms with Gasteiger partial charge in [0.1, 0.15) is 5.58 Å². The summed E-state index contributed by atoms with van der Waals surface area (Å²) in [6, 6.07) is 5.81. The van der Waals surface area contributed by atoms with Crippen LogP contribution in [0.4, 0.5) is 0 Å². The smallest absolute Gasteiger partial charge is 0.371 e. The van der Waals surface area contributed by atoms with Crippen molar-refractivity contribution in [1.29, 1.82) is 0 Å². The lowest BCUT2D eigenvalue weighted by atomic mass is 10.1. The minimum absolute atomic E-state index is 0.231. The van der Waals surface area contributed by atoms with Gasteiger partial charge in [-0.3, -0.25) is 4.79 Å². The summed E-state index contributed by atoms with van der Waals surface area (Å²) in [7, 11) is 0. The van der Waals surface area contributed by atoms with Crippen LogP contribution in [0, 0.1) is 0 Å². The number of aromatic carboxylic acids is 1. The highest BCUT2D eigenvalue weighted by Crippen LogP contribution is 2.15. The molecule has 5 heteroatoms. The molecule has 0 spiro atoms. The average Bonchev–Trinajstić information content (AvgIpc) is 2.28. The zero-order valence-corrected chi connectivity index (χ0v) is 9.71. The predicted octanol–water partition coefficient (Wildman–Crippen LogP) is 1.41. The zero-order chi connectivity index (χ0) is 13.3. The monoisotopic (exact) mass is 248 g/mol. The number of aliphatic hydroxyl groups is 1. The molecular formula is C13H12O5. The number of carbonyl (C=O) groups is 1. The normalized spacial score (nSPS) is 12.6. The molecule has 18 heavy (non-hydrogen) atoms. The van der Waals surface area contributed by atoms with Gasteiger partial charge in [0.05, 0.1) is 11.5 Å². The first-order valence-electron chi connectivity index (χ1n) is 5.45. The molecular weight excluding hydrogens is 236 g/mol. The molecule has 0 aliphatic rings. The molecule has 1 aromatic heterocycles. The van der Waals surface area contributed by atoms with E-state index in [4.69, 9.17) is 9.52 Å². The van der Waals surface area contributed by atoms with Crippen molar-refractivity contribution in [3.05, 3.63) is 45.8 Å². The van der Waals surface area contributed by atoms with Crippen LogP contribution in [0.3, 0.4) is 0 Å². The fourth-order valence-electron chi connectivity index (χ4n) is 1.78. The van der Waals surface area contributed by atoms with Crippen molar-refractivity contribution >= 4 is 16.9 Å². The third kappa shape index (κ3) is 2.41. The Bertz CT molecular complexity index is 654. The Morgan fingerprint density at radius 2 is 2.11 bits per heavy atom. The second kappa shape index (κ2) is 4.62. The molecule has 0 amide bonds. The molecule has 0 aliphatic heterocycles. The highest BCUT2D eigenvalue weighted by atomic mass is 16.4. The molecule has 94 valence electrons. The van der Waals surface area contributed by atoms with Gasteiger partial charge in [-0.1, -0.05) is 6.07 Å². The average molecular weight is 248 g/mol. The topological polar surface area (TPSA) is 87.7 Å². The van der Waals surface area contributed by atoms with Crippen LogP contribution >= 0.6 is 0 Å². The van der Waals surface area contributed by atoms with E-state index >= 15 is 0 Å². The first-order valence-corrected chi connectivity index (χ1v) is 5.45. The zero-order valence-electron chi connectivity index (χ0n) is 9.71. The largest absolute Gasteiger partial charge is 0.475 e. The summed E-state index contributed by atoms with van der Waals surface area (Å²) in [5.41, 5.74) is 0.628. The Balaban J connectivity index is 2.58. The van der Waals surface area contributed by atoms with Crippen molar-refractivity contribution in [2.24, 2.45) is 0 Å². The first kappa shape index (κ1) is 12.3. The molecule has 0 saturated carbocycles. The standard InChI is InChI=1S/C13H12O5/c1-7(14)4-8-2-3-11-9(5-8)10(15)6-12(18-11)13(16)17/h2-3,5-7,14H,4H2,1H3,(H,16,17)/t7-/m1/s1. The molecule has 0 radical (unpaired) electrons. The minimum Gasteiger partial charge on any atom is -0.475 e. The van der Waals surface area contributed by atoms with E-state index < -0.39 is 17.5 Å². The van der Waals surface area contributed by atoms with E-state index in [0.717, 1.165) is 11.6 Å². The number of fused-ring (bicyclic) bond motifs is 1. The Labute approximate surface area is 102 Å². The van der Waals surface area contributed by atoms with E-state index in [2.05, 4.69) is 0 Å². The Hall–Kier alpha value is -2.14. The molecule has 0 bridgehead atoms. The van der Waals surface area contributed by atoms with E-state index in [1.54, 1.807) is 25.1 Å². The van der Waals surface area contributed by atoms with Gasteiger partial charge >= 0.3 is 5.97 Å². The van der Waals surface area contributed by atoms with Crippen LogP contribution in [0.1, 0.15) is 23.0 Å². The Morgan fingerprint density at radius 1 is 1.39 bits per heavy atom. The third-order valence-electron chi connectivity index (χ3n) is 2.53. The summed E-state index contributed by atoms with van der Waals surface area (Å²) in [5, 5.41) is 18.4. The summed E-state index contributed by atoms with van der Waals surface area (Å²) < 4.78 is 5.10. The van der Waals surface area contributed by atoms with Gasteiger partial charge in [-0.05, 0) is 31.0 Å². The lowest BCUT2D eigenvalue weighted by Crippen LogP contribution is -2.08. The van der Waals surface area contributed by atoms with Gasteiger partial charge in [-0.25, -0.2) is 4.79 Å². The number of aliphatic hydroxyl groups excluding tert-OH is 1. The van der Waals surface area contributed by atoms with Gasteiger partial charge in [-0.15, -0.1) is 0 Å². The summed E-state index contributed by atoms with van der Waals surface area (Å²) in [4.78, 5) is 22.5. The fourth-order valence-corrected chi connectivity index (χ4v) is 1.78. The molecule has 2 rings (SSSR count). The van der Waals surface area contributed by atoms with Crippen LogP contribution in [-0.4, -0.2) is 22.3 Å². The fraction of sp³-hybridized carbons (Fsp3) is 0.231. The highest BCUT2D eigenvalue weighted by molar-refractivity contribution is 5.87. The van der Waals surface area contributed by atoms with Gasteiger partial charge in [0.2, 0.25) is 5.76 Å². The van der Waals surface area contributed by atoms with Gasteiger partial charge < -0.3 is 14.6 Å². The lowest BCUT2D eigenvalue weighted by molar-refractivity contribution is 0.0663. The second-order valence-corrected chi connectivity index (χ2v) is 4.16.